The second-order valence-corrected chi connectivity index (χ2v) is 4.57. The highest BCUT2D eigenvalue weighted by Gasteiger charge is 1.98. The maximum Gasteiger partial charge on any atom is 0.0717 e. The zero-order valence-corrected chi connectivity index (χ0v) is 10.9. The van der Waals surface area contributed by atoms with Gasteiger partial charge in [0.2, 0.25) is 0 Å². The molecule has 0 aliphatic carbocycles. The van der Waals surface area contributed by atoms with Gasteiger partial charge in [0.05, 0.1) is 13.2 Å². The molecule has 0 unspecified atom stereocenters. The van der Waals surface area contributed by atoms with Gasteiger partial charge in [-0.1, -0.05) is 41.9 Å². The molecular formula is C15H16ClNO. The second kappa shape index (κ2) is 6.43. The summed E-state index contributed by atoms with van der Waals surface area (Å²) in [6, 6.07) is 15.6. The molecule has 2 aromatic rings. The maximum absolute atomic E-state index is 5.90. The Morgan fingerprint density at radius 1 is 1.06 bits per heavy atom. The number of nitrogens with two attached hydrogens (primary N) is 1. The van der Waals surface area contributed by atoms with Crippen molar-refractivity contribution in [2.45, 2.75) is 13.0 Å². The predicted octanol–water partition coefficient (Wildman–Crippen LogP) is 3.68. The number of hydrogen-bond acceptors (Lipinski definition) is 2. The minimum atomic E-state index is 0.577. The number of benzene rings is 2. The molecule has 2 aromatic carbocycles. The average Bonchev–Trinajstić information content (AvgIpc) is 2.37. The molecule has 0 saturated heterocycles. The smallest absolute Gasteiger partial charge is 0.0717 e. The van der Waals surface area contributed by atoms with E-state index in [1.807, 2.05) is 48.5 Å². The third kappa shape index (κ3) is 3.76. The topological polar surface area (TPSA) is 35.2 Å². The van der Waals surface area contributed by atoms with Gasteiger partial charge in [0, 0.05) is 10.7 Å². The monoisotopic (exact) mass is 261 g/mol. The molecule has 18 heavy (non-hydrogen) atoms. The first-order chi connectivity index (χ1) is 8.75. The van der Waals surface area contributed by atoms with E-state index in [1.165, 1.54) is 0 Å². The molecule has 0 spiro atoms. The summed E-state index contributed by atoms with van der Waals surface area (Å²) in [6.45, 7) is 1.23. The standard InChI is InChI=1S/C15H16ClNO/c16-14-6-3-4-12(10-14)11-18-9-8-13-5-1-2-7-15(13)17/h1-7,10H,8-9,11,17H2. The van der Waals surface area contributed by atoms with Crippen molar-refractivity contribution < 1.29 is 4.74 Å². The molecule has 0 aliphatic rings. The van der Waals surface area contributed by atoms with Crippen molar-refractivity contribution in [1.82, 2.24) is 0 Å². The molecule has 0 heterocycles. The van der Waals surface area contributed by atoms with Crippen LogP contribution < -0.4 is 5.73 Å². The van der Waals surface area contributed by atoms with Crippen LogP contribution in [0.3, 0.4) is 0 Å². The predicted molar refractivity (Wildman–Crippen MR) is 75.7 cm³/mol. The highest BCUT2D eigenvalue weighted by Crippen LogP contribution is 2.13. The molecule has 0 saturated carbocycles. The Kier molecular flexibility index (Phi) is 4.62. The van der Waals surface area contributed by atoms with Crippen LogP contribution in [0, 0.1) is 0 Å². The number of halogens is 1. The lowest BCUT2D eigenvalue weighted by atomic mass is 10.1. The largest absolute Gasteiger partial charge is 0.399 e. The molecule has 0 aliphatic heterocycles. The van der Waals surface area contributed by atoms with E-state index in [4.69, 9.17) is 22.1 Å². The van der Waals surface area contributed by atoms with Gasteiger partial charge in [0.15, 0.2) is 0 Å². The number of hydrogen-bond donors (Lipinski definition) is 1. The summed E-state index contributed by atoms with van der Waals surface area (Å²) in [5.41, 5.74) is 8.90. The van der Waals surface area contributed by atoms with E-state index in [0.29, 0.717) is 13.2 Å². The lowest BCUT2D eigenvalue weighted by molar-refractivity contribution is 0.124. The van der Waals surface area contributed by atoms with Crippen LogP contribution in [0.2, 0.25) is 5.02 Å². The van der Waals surface area contributed by atoms with E-state index in [-0.39, 0.29) is 0 Å². The Morgan fingerprint density at radius 3 is 2.67 bits per heavy atom. The normalized spacial score (nSPS) is 10.5. The van der Waals surface area contributed by atoms with Gasteiger partial charge in [0.1, 0.15) is 0 Å². The average molecular weight is 262 g/mol. The van der Waals surface area contributed by atoms with Gasteiger partial charge in [-0.2, -0.15) is 0 Å². The van der Waals surface area contributed by atoms with Crippen molar-refractivity contribution in [1.29, 1.82) is 0 Å². The molecule has 0 amide bonds. The maximum atomic E-state index is 5.90. The fourth-order valence-electron chi connectivity index (χ4n) is 1.76. The summed E-state index contributed by atoms with van der Waals surface area (Å²) in [4.78, 5) is 0. The van der Waals surface area contributed by atoms with Gasteiger partial charge in [-0.25, -0.2) is 0 Å². The third-order valence-electron chi connectivity index (χ3n) is 2.73. The van der Waals surface area contributed by atoms with Crippen LogP contribution in [0.15, 0.2) is 48.5 Å². The SMILES string of the molecule is Nc1ccccc1CCOCc1cccc(Cl)c1. The van der Waals surface area contributed by atoms with Crippen molar-refractivity contribution in [3.05, 3.63) is 64.7 Å². The van der Waals surface area contributed by atoms with Gasteiger partial charge in [0.25, 0.3) is 0 Å². The molecule has 2 N–H and O–H groups in total. The third-order valence-corrected chi connectivity index (χ3v) is 2.96. The summed E-state index contributed by atoms with van der Waals surface area (Å²) in [5, 5.41) is 0.739. The minimum Gasteiger partial charge on any atom is -0.399 e. The van der Waals surface area contributed by atoms with Crippen LogP contribution in [-0.4, -0.2) is 6.61 Å². The number of ether oxygens (including phenoxy) is 1. The number of rotatable bonds is 5. The Bertz CT molecular complexity index is 513. The second-order valence-electron chi connectivity index (χ2n) is 4.13. The molecule has 0 radical (unpaired) electrons. The number of para-hydroxylation sites is 1. The zero-order valence-electron chi connectivity index (χ0n) is 10.1. The fourth-order valence-corrected chi connectivity index (χ4v) is 1.97. The Hall–Kier alpha value is -1.51. The summed E-state index contributed by atoms with van der Waals surface area (Å²) in [7, 11) is 0. The van der Waals surface area contributed by atoms with Crippen molar-refractivity contribution in [2.24, 2.45) is 0 Å². The first-order valence-corrected chi connectivity index (χ1v) is 6.29. The van der Waals surface area contributed by atoms with E-state index in [1.54, 1.807) is 0 Å². The van der Waals surface area contributed by atoms with Crippen molar-refractivity contribution in [3.63, 3.8) is 0 Å². The molecule has 0 atom stereocenters. The van der Waals surface area contributed by atoms with E-state index in [2.05, 4.69) is 0 Å². The molecular weight excluding hydrogens is 246 g/mol. The van der Waals surface area contributed by atoms with Gasteiger partial charge < -0.3 is 10.5 Å². The molecule has 2 rings (SSSR count). The van der Waals surface area contributed by atoms with Gasteiger partial charge in [-0.15, -0.1) is 0 Å². The van der Waals surface area contributed by atoms with Crippen LogP contribution in [0.4, 0.5) is 5.69 Å². The Labute approximate surface area is 112 Å². The Morgan fingerprint density at radius 2 is 1.89 bits per heavy atom. The molecule has 3 heteroatoms. The molecule has 0 aromatic heterocycles. The fraction of sp³-hybridized carbons (Fsp3) is 0.200. The van der Waals surface area contributed by atoms with Gasteiger partial charge in [-0.05, 0) is 35.7 Å². The summed E-state index contributed by atoms with van der Waals surface area (Å²) in [6.07, 6.45) is 0.827. The molecule has 94 valence electrons. The van der Waals surface area contributed by atoms with Crippen molar-refractivity contribution >= 4 is 17.3 Å². The highest BCUT2D eigenvalue weighted by atomic mass is 35.5. The van der Waals surface area contributed by atoms with E-state index >= 15 is 0 Å². The van der Waals surface area contributed by atoms with Crippen LogP contribution in [0.1, 0.15) is 11.1 Å². The van der Waals surface area contributed by atoms with Gasteiger partial charge >= 0.3 is 0 Å². The lowest BCUT2D eigenvalue weighted by Gasteiger charge is -2.07. The van der Waals surface area contributed by atoms with Crippen LogP contribution in [0.5, 0.6) is 0 Å². The van der Waals surface area contributed by atoms with E-state index in [0.717, 1.165) is 28.3 Å². The van der Waals surface area contributed by atoms with E-state index in [9.17, 15) is 0 Å². The molecule has 0 bridgehead atoms. The molecule has 0 fully saturated rings. The minimum absolute atomic E-state index is 0.577. The zero-order chi connectivity index (χ0) is 12.8. The Balaban J connectivity index is 1.78. The quantitative estimate of drug-likeness (QED) is 0.658. The summed E-state index contributed by atoms with van der Waals surface area (Å²) < 4.78 is 5.62. The number of nitrogen functional groups attached to an aromatic ring is 1. The first-order valence-electron chi connectivity index (χ1n) is 5.91. The van der Waals surface area contributed by atoms with Crippen molar-refractivity contribution in [2.75, 3.05) is 12.3 Å². The van der Waals surface area contributed by atoms with Crippen LogP contribution in [-0.2, 0) is 17.8 Å². The summed E-state index contributed by atoms with van der Waals surface area (Å²) >= 11 is 5.90. The first kappa shape index (κ1) is 12.9. The van der Waals surface area contributed by atoms with Gasteiger partial charge in [-0.3, -0.25) is 0 Å². The van der Waals surface area contributed by atoms with E-state index < -0.39 is 0 Å². The number of anilines is 1. The van der Waals surface area contributed by atoms with Crippen LogP contribution in [0.25, 0.3) is 0 Å². The van der Waals surface area contributed by atoms with Crippen molar-refractivity contribution in [3.8, 4) is 0 Å². The molecule has 2 nitrogen and oxygen atoms in total. The summed E-state index contributed by atoms with van der Waals surface area (Å²) in [5.74, 6) is 0. The van der Waals surface area contributed by atoms with Crippen LogP contribution >= 0.6 is 11.6 Å². The highest BCUT2D eigenvalue weighted by molar-refractivity contribution is 6.30. The lowest BCUT2D eigenvalue weighted by Crippen LogP contribution is -2.01.